The summed E-state index contributed by atoms with van der Waals surface area (Å²) in [5.74, 6) is 0.0221. The van der Waals surface area contributed by atoms with Gasteiger partial charge in [-0.15, -0.1) is 0 Å². The summed E-state index contributed by atoms with van der Waals surface area (Å²) in [5.41, 5.74) is 0.238. The van der Waals surface area contributed by atoms with E-state index in [0.717, 1.165) is 13.0 Å². The van der Waals surface area contributed by atoms with Crippen molar-refractivity contribution < 1.29 is 9.13 Å². The van der Waals surface area contributed by atoms with Gasteiger partial charge in [0.15, 0.2) is 0 Å². The van der Waals surface area contributed by atoms with E-state index < -0.39 is 5.82 Å². The van der Waals surface area contributed by atoms with Gasteiger partial charge < -0.3 is 10.1 Å². The van der Waals surface area contributed by atoms with Crippen LogP contribution in [-0.4, -0.2) is 19.2 Å². The highest BCUT2D eigenvalue weighted by molar-refractivity contribution is 5.42. The van der Waals surface area contributed by atoms with Crippen molar-refractivity contribution in [1.29, 1.82) is 5.26 Å². The van der Waals surface area contributed by atoms with Crippen molar-refractivity contribution in [3.05, 3.63) is 29.6 Å². The van der Waals surface area contributed by atoms with Gasteiger partial charge in [-0.25, -0.2) is 4.39 Å². The number of ether oxygens (including phenoxy) is 1. The zero-order chi connectivity index (χ0) is 12.7. The van der Waals surface area contributed by atoms with Crippen LogP contribution in [0, 0.1) is 17.1 Å². The van der Waals surface area contributed by atoms with Crippen molar-refractivity contribution in [2.75, 3.05) is 13.2 Å². The van der Waals surface area contributed by atoms with E-state index in [1.54, 1.807) is 0 Å². The molecule has 1 aromatic rings. The van der Waals surface area contributed by atoms with Crippen LogP contribution in [0.2, 0.25) is 0 Å². The zero-order valence-electron chi connectivity index (χ0n) is 10.2. The lowest BCUT2D eigenvalue weighted by Crippen LogP contribution is -2.24. The second-order valence-corrected chi connectivity index (χ2v) is 4.06. The van der Waals surface area contributed by atoms with E-state index in [4.69, 9.17) is 10.00 Å². The Balaban J connectivity index is 2.39. The minimum absolute atomic E-state index is 0.238. The largest absolute Gasteiger partial charge is 0.492 e. The van der Waals surface area contributed by atoms with Crippen LogP contribution in [0.25, 0.3) is 0 Å². The maximum absolute atomic E-state index is 12.8. The molecule has 0 unspecified atom stereocenters. The van der Waals surface area contributed by atoms with Gasteiger partial charge >= 0.3 is 0 Å². The quantitative estimate of drug-likeness (QED) is 0.772. The van der Waals surface area contributed by atoms with Crippen LogP contribution in [0.4, 0.5) is 4.39 Å². The predicted molar refractivity (Wildman–Crippen MR) is 64.4 cm³/mol. The number of rotatable bonds is 6. The molecule has 0 saturated heterocycles. The molecule has 0 spiro atoms. The van der Waals surface area contributed by atoms with Crippen molar-refractivity contribution in [3.8, 4) is 11.8 Å². The third kappa shape index (κ3) is 4.83. The number of nitriles is 1. The average molecular weight is 236 g/mol. The standard InChI is InChI=1S/C13H17FN2O/c1-10(2)16-6-3-7-17-13-5-4-12(14)8-11(13)9-15/h4-5,8,10,16H,3,6-7H2,1-2H3. The van der Waals surface area contributed by atoms with Crippen LogP contribution in [-0.2, 0) is 0 Å². The molecule has 3 nitrogen and oxygen atoms in total. The Kier molecular flexibility index (Phi) is 5.44. The smallest absolute Gasteiger partial charge is 0.137 e. The fourth-order valence-corrected chi connectivity index (χ4v) is 1.36. The zero-order valence-corrected chi connectivity index (χ0v) is 10.2. The van der Waals surface area contributed by atoms with Gasteiger partial charge in [0.05, 0.1) is 12.2 Å². The summed E-state index contributed by atoms with van der Waals surface area (Å²) in [6.45, 7) is 5.53. The van der Waals surface area contributed by atoms with Crippen LogP contribution in [0.5, 0.6) is 5.75 Å². The minimum atomic E-state index is -0.421. The molecule has 0 bridgehead atoms. The lowest BCUT2D eigenvalue weighted by Gasteiger charge is -2.10. The lowest BCUT2D eigenvalue weighted by molar-refractivity contribution is 0.305. The number of halogens is 1. The molecule has 0 amide bonds. The summed E-state index contributed by atoms with van der Waals surface area (Å²) < 4.78 is 18.3. The van der Waals surface area contributed by atoms with Crippen LogP contribution < -0.4 is 10.1 Å². The van der Waals surface area contributed by atoms with Crippen LogP contribution in [0.3, 0.4) is 0 Å². The SMILES string of the molecule is CC(C)NCCCOc1ccc(F)cc1C#N. The molecule has 4 heteroatoms. The Labute approximate surface area is 101 Å². The molecule has 17 heavy (non-hydrogen) atoms. The van der Waals surface area contributed by atoms with E-state index in [0.29, 0.717) is 18.4 Å². The number of nitrogens with zero attached hydrogens (tertiary/aromatic N) is 1. The van der Waals surface area contributed by atoms with Gasteiger partial charge in [-0.05, 0) is 31.2 Å². The van der Waals surface area contributed by atoms with Gasteiger partial charge in [0, 0.05) is 6.04 Å². The first-order valence-electron chi connectivity index (χ1n) is 5.69. The highest BCUT2D eigenvalue weighted by atomic mass is 19.1. The van der Waals surface area contributed by atoms with Crippen molar-refractivity contribution in [2.45, 2.75) is 26.3 Å². The summed E-state index contributed by atoms with van der Waals surface area (Å²) >= 11 is 0. The fraction of sp³-hybridized carbons (Fsp3) is 0.462. The molecule has 0 heterocycles. The number of benzene rings is 1. The third-order valence-electron chi connectivity index (χ3n) is 2.19. The van der Waals surface area contributed by atoms with Crippen LogP contribution in [0.15, 0.2) is 18.2 Å². The number of nitrogens with one attached hydrogen (secondary N) is 1. The van der Waals surface area contributed by atoms with Crippen molar-refractivity contribution in [2.24, 2.45) is 0 Å². The molecule has 0 aliphatic heterocycles. The van der Waals surface area contributed by atoms with Crippen molar-refractivity contribution >= 4 is 0 Å². The lowest BCUT2D eigenvalue weighted by atomic mass is 10.2. The Morgan fingerprint density at radius 1 is 1.47 bits per heavy atom. The van der Waals surface area contributed by atoms with Gasteiger partial charge in [0.1, 0.15) is 17.6 Å². The van der Waals surface area contributed by atoms with Gasteiger partial charge in [-0.2, -0.15) is 5.26 Å². The monoisotopic (exact) mass is 236 g/mol. The summed E-state index contributed by atoms with van der Waals surface area (Å²) in [7, 11) is 0. The van der Waals surface area contributed by atoms with E-state index in [1.165, 1.54) is 18.2 Å². The molecular weight excluding hydrogens is 219 g/mol. The fourth-order valence-electron chi connectivity index (χ4n) is 1.36. The van der Waals surface area contributed by atoms with E-state index in [2.05, 4.69) is 19.2 Å². The molecule has 92 valence electrons. The molecule has 0 aromatic heterocycles. The first-order chi connectivity index (χ1) is 8.13. The summed E-state index contributed by atoms with van der Waals surface area (Å²) in [6, 6.07) is 6.34. The molecule has 0 fully saturated rings. The molecule has 0 radical (unpaired) electrons. The summed E-state index contributed by atoms with van der Waals surface area (Å²) in [4.78, 5) is 0. The highest BCUT2D eigenvalue weighted by Gasteiger charge is 2.04. The van der Waals surface area contributed by atoms with Gasteiger partial charge in [0.25, 0.3) is 0 Å². The van der Waals surface area contributed by atoms with E-state index in [-0.39, 0.29) is 5.56 Å². The third-order valence-corrected chi connectivity index (χ3v) is 2.19. The van der Waals surface area contributed by atoms with Crippen molar-refractivity contribution in [1.82, 2.24) is 5.32 Å². The maximum Gasteiger partial charge on any atom is 0.137 e. The maximum atomic E-state index is 12.8. The average Bonchev–Trinajstić information content (AvgIpc) is 2.29. The Hall–Kier alpha value is -1.60. The number of hydrogen-bond donors (Lipinski definition) is 1. The second-order valence-electron chi connectivity index (χ2n) is 4.06. The van der Waals surface area contributed by atoms with E-state index >= 15 is 0 Å². The molecule has 1 N–H and O–H groups in total. The first-order valence-corrected chi connectivity index (χ1v) is 5.69. The molecule has 0 aliphatic carbocycles. The predicted octanol–water partition coefficient (Wildman–Crippen LogP) is 2.46. The molecular formula is C13H17FN2O. The Morgan fingerprint density at radius 3 is 2.88 bits per heavy atom. The normalized spacial score (nSPS) is 10.3. The Bertz CT molecular complexity index is 399. The first kappa shape index (κ1) is 13.5. The molecule has 0 atom stereocenters. The highest BCUT2D eigenvalue weighted by Crippen LogP contribution is 2.18. The minimum Gasteiger partial charge on any atom is -0.492 e. The topological polar surface area (TPSA) is 45.0 Å². The molecule has 1 rings (SSSR count). The van der Waals surface area contributed by atoms with Gasteiger partial charge in [-0.3, -0.25) is 0 Å². The van der Waals surface area contributed by atoms with Gasteiger partial charge in [0.2, 0.25) is 0 Å². The number of hydrogen-bond acceptors (Lipinski definition) is 3. The molecule has 0 saturated carbocycles. The summed E-state index contributed by atoms with van der Waals surface area (Å²) in [5, 5.41) is 12.1. The van der Waals surface area contributed by atoms with Gasteiger partial charge in [-0.1, -0.05) is 13.8 Å². The van der Waals surface area contributed by atoms with Crippen LogP contribution >= 0.6 is 0 Å². The molecule has 1 aromatic carbocycles. The van der Waals surface area contributed by atoms with Crippen molar-refractivity contribution in [3.63, 3.8) is 0 Å². The second kappa shape index (κ2) is 6.87. The van der Waals surface area contributed by atoms with Crippen LogP contribution in [0.1, 0.15) is 25.8 Å². The van der Waals surface area contributed by atoms with E-state index in [9.17, 15) is 4.39 Å². The summed E-state index contributed by atoms with van der Waals surface area (Å²) in [6.07, 6.45) is 0.848. The van der Waals surface area contributed by atoms with E-state index in [1.807, 2.05) is 6.07 Å². The Morgan fingerprint density at radius 2 is 2.24 bits per heavy atom. The molecule has 0 aliphatic rings.